The van der Waals surface area contributed by atoms with Gasteiger partial charge in [0.2, 0.25) is 5.95 Å². The van der Waals surface area contributed by atoms with Crippen molar-refractivity contribution in [3.05, 3.63) is 18.0 Å². The Bertz CT molecular complexity index is 466. The van der Waals surface area contributed by atoms with Crippen LogP contribution in [0.2, 0.25) is 0 Å². The molecule has 3 rings (SSSR count). The molecule has 2 saturated heterocycles. The third-order valence-corrected chi connectivity index (χ3v) is 4.04. The zero-order valence-electron chi connectivity index (χ0n) is 12.1. The summed E-state index contributed by atoms with van der Waals surface area (Å²) in [6.07, 6.45) is 7.25. The van der Waals surface area contributed by atoms with E-state index in [1.807, 2.05) is 0 Å². The Morgan fingerprint density at radius 2 is 1.95 bits per heavy atom. The van der Waals surface area contributed by atoms with Crippen LogP contribution in [0.25, 0.3) is 0 Å². The van der Waals surface area contributed by atoms with E-state index in [0.717, 1.165) is 32.3 Å². The van der Waals surface area contributed by atoms with Crippen LogP contribution in [0.5, 0.6) is 0 Å². The van der Waals surface area contributed by atoms with Gasteiger partial charge in [0.1, 0.15) is 0 Å². The fourth-order valence-electron chi connectivity index (χ4n) is 2.75. The van der Waals surface area contributed by atoms with Crippen LogP contribution in [0.1, 0.15) is 36.0 Å². The van der Waals surface area contributed by atoms with Crippen molar-refractivity contribution < 1.29 is 14.3 Å². The summed E-state index contributed by atoms with van der Waals surface area (Å²) in [5.41, 5.74) is 0.588. The van der Waals surface area contributed by atoms with Crippen LogP contribution in [0, 0.1) is 5.92 Å². The van der Waals surface area contributed by atoms with E-state index in [0.29, 0.717) is 31.3 Å². The molecule has 0 aliphatic carbocycles. The van der Waals surface area contributed by atoms with Gasteiger partial charge in [0.15, 0.2) is 5.78 Å². The Kier molecular flexibility index (Phi) is 4.77. The number of hydrogen-bond acceptors (Lipinski definition) is 6. The number of carbonyl (C=O) groups is 1. The van der Waals surface area contributed by atoms with Gasteiger partial charge >= 0.3 is 0 Å². The maximum atomic E-state index is 12.3. The molecule has 1 atom stereocenters. The highest BCUT2D eigenvalue weighted by Gasteiger charge is 2.23. The Hall–Kier alpha value is -1.53. The highest BCUT2D eigenvalue weighted by molar-refractivity contribution is 5.97. The first-order valence-electron chi connectivity index (χ1n) is 7.62. The summed E-state index contributed by atoms with van der Waals surface area (Å²) in [5.74, 6) is 0.728. The van der Waals surface area contributed by atoms with Crippen LogP contribution in [0.4, 0.5) is 5.95 Å². The van der Waals surface area contributed by atoms with E-state index in [-0.39, 0.29) is 17.8 Å². The average Bonchev–Trinajstić information content (AvgIpc) is 3.07. The molecule has 2 fully saturated rings. The van der Waals surface area contributed by atoms with Gasteiger partial charge in [-0.2, -0.15) is 0 Å². The van der Waals surface area contributed by atoms with E-state index in [2.05, 4.69) is 15.3 Å². The third-order valence-electron chi connectivity index (χ3n) is 4.04. The maximum absolute atomic E-state index is 12.3. The molecular formula is C15H21N3O3. The second-order valence-electron chi connectivity index (χ2n) is 5.56. The standard InChI is InChI=1S/C15H21N3O3/c19-14(11-3-6-20-7-4-11)12-8-16-15(17-9-12)18-10-13-2-1-5-21-13/h8-9,11,13H,1-7,10H2,(H,16,17,18). The Labute approximate surface area is 124 Å². The van der Waals surface area contributed by atoms with E-state index in [4.69, 9.17) is 9.47 Å². The topological polar surface area (TPSA) is 73.3 Å². The molecule has 1 aromatic heterocycles. The van der Waals surface area contributed by atoms with Crippen LogP contribution in [-0.4, -0.2) is 48.2 Å². The van der Waals surface area contributed by atoms with Crippen LogP contribution in [0.3, 0.4) is 0 Å². The predicted molar refractivity (Wildman–Crippen MR) is 77.4 cm³/mol. The molecule has 0 bridgehead atoms. The maximum Gasteiger partial charge on any atom is 0.222 e. The number of rotatable bonds is 5. The molecular weight excluding hydrogens is 270 g/mol. The molecule has 21 heavy (non-hydrogen) atoms. The first kappa shape index (κ1) is 14.4. The molecule has 6 heteroatoms. The van der Waals surface area contributed by atoms with E-state index in [9.17, 15) is 4.79 Å². The molecule has 0 amide bonds. The molecule has 1 unspecified atom stereocenters. The SMILES string of the molecule is O=C(c1cnc(NCC2CCCO2)nc1)C1CCOCC1. The number of carbonyl (C=O) groups excluding carboxylic acids is 1. The zero-order chi connectivity index (χ0) is 14.5. The lowest BCUT2D eigenvalue weighted by Gasteiger charge is -2.20. The predicted octanol–water partition coefficient (Wildman–Crippen LogP) is 1.68. The number of Topliss-reactive ketones (excluding diaryl/α,β-unsaturated/α-hetero) is 1. The fourth-order valence-corrected chi connectivity index (χ4v) is 2.75. The van der Waals surface area contributed by atoms with Crippen LogP contribution >= 0.6 is 0 Å². The minimum atomic E-state index is 0.0491. The number of nitrogens with one attached hydrogen (secondary N) is 1. The third kappa shape index (κ3) is 3.77. The van der Waals surface area contributed by atoms with E-state index in [1.165, 1.54) is 0 Å². The lowest BCUT2D eigenvalue weighted by atomic mass is 9.92. The number of anilines is 1. The smallest absolute Gasteiger partial charge is 0.222 e. The summed E-state index contributed by atoms with van der Waals surface area (Å²) < 4.78 is 10.8. The quantitative estimate of drug-likeness (QED) is 0.832. The van der Waals surface area contributed by atoms with E-state index >= 15 is 0 Å². The molecule has 2 aliphatic heterocycles. The number of ether oxygens (including phenoxy) is 2. The molecule has 0 aromatic carbocycles. The van der Waals surface area contributed by atoms with Crippen LogP contribution < -0.4 is 5.32 Å². The Balaban J connectivity index is 1.54. The summed E-state index contributed by atoms with van der Waals surface area (Å²) in [4.78, 5) is 20.8. The summed E-state index contributed by atoms with van der Waals surface area (Å²) in [6.45, 7) is 2.88. The molecule has 0 saturated carbocycles. The zero-order valence-corrected chi connectivity index (χ0v) is 12.1. The number of ketones is 1. The van der Waals surface area contributed by atoms with Crippen molar-refractivity contribution in [1.29, 1.82) is 0 Å². The van der Waals surface area contributed by atoms with Gasteiger partial charge in [-0.1, -0.05) is 0 Å². The van der Waals surface area contributed by atoms with Crippen molar-refractivity contribution in [3.8, 4) is 0 Å². The lowest BCUT2D eigenvalue weighted by molar-refractivity contribution is 0.0544. The summed E-state index contributed by atoms with van der Waals surface area (Å²) in [6, 6.07) is 0. The van der Waals surface area contributed by atoms with Gasteiger partial charge in [-0.25, -0.2) is 9.97 Å². The molecule has 1 aromatic rings. The van der Waals surface area contributed by atoms with Gasteiger partial charge in [0, 0.05) is 44.7 Å². The number of aromatic nitrogens is 2. The van der Waals surface area contributed by atoms with E-state index in [1.54, 1.807) is 12.4 Å². The molecule has 0 spiro atoms. The second-order valence-corrected chi connectivity index (χ2v) is 5.56. The van der Waals surface area contributed by atoms with Crippen molar-refractivity contribution in [2.45, 2.75) is 31.8 Å². The van der Waals surface area contributed by atoms with Gasteiger partial charge in [-0.3, -0.25) is 4.79 Å². The van der Waals surface area contributed by atoms with Crippen molar-refractivity contribution >= 4 is 11.7 Å². The highest BCUT2D eigenvalue weighted by Crippen LogP contribution is 2.19. The number of nitrogens with zero attached hydrogens (tertiary/aromatic N) is 2. The molecule has 0 radical (unpaired) electrons. The van der Waals surface area contributed by atoms with Gasteiger partial charge in [-0.15, -0.1) is 0 Å². The van der Waals surface area contributed by atoms with Gasteiger partial charge < -0.3 is 14.8 Å². The van der Waals surface area contributed by atoms with Crippen molar-refractivity contribution in [2.75, 3.05) is 31.7 Å². The summed E-state index contributed by atoms with van der Waals surface area (Å²) >= 11 is 0. The molecule has 2 aliphatic rings. The van der Waals surface area contributed by atoms with Crippen molar-refractivity contribution in [2.24, 2.45) is 5.92 Å². The van der Waals surface area contributed by atoms with Crippen molar-refractivity contribution in [1.82, 2.24) is 9.97 Å². The molecule has 6 nitrogen and oxygen atoms in total. The first-order chi connectivity index (χ1) is 10.3. The number of hydrogen-bond donors (Lipinski definition) is 1. The highest BCUT2D eigenvalue weighted by atomic mass is 16.5. The Morgan fingerprint density at radius 3 is 2.62 bits per heavy atom. The van der Waals surface area contributed by atoms with Crippen molar-refractivity contribution in [3.63, 3.8) is 0 Å². The largest absolute Gasteiger partial charge is 0.381 e. The molecule has 3 heterocycles. The van der Waals surface area contributed by atoms with Gasteiger partial charge in [0.05, 0.1) is 11.7 Å². The molecule has 114 valence electrons. The Morgan fingerprint density at radius 1 is 1.19 bits per heavy atom. The van der Waals surface area contributed by atoms with Gasteiger partial charge in [-0.05, 0) is 25.7 Å². The molecule has 1 N–H and O–H groups in total. The lowest BCUT2D eigenvalue weighted by Crippen LogP contribution is -2.24. The normalized spacial score (nSPS) is 23.1. The summed E-state index contributed by atoms with van der Waals surface area (Å²) in [5, 5.41) is 3.15. The minimum absolute atomic E-state index is 0.0491. The van der Waals surface area contributed by atoms with Crippen LogP contribution in [0.15, 0.2) is 12.4 Å². The average molecular weight is 291 g/mol. The van der Waals surface area contributed by atoms with E-state index < -0.39 is 0 Å². The first-order valence-corrected chi connectivity index (χ1v) is 7.62. The summed E-state index contributed by atoms with van der Waals surface area (Å²) in [7, 11) is 0. The monoisotopic (exact) mass is 291 g/mol. The van der Waals surface area contributed by atoms with Gasteiger partial charge in [0.25, 0.3) is 0 Å². The minimum Gasteiger partial charge on any atom is -0.381 e. The van der Waals surface area contributed by atoms with Crippen LogP contribution in [-0.2, 0) is 9.47 Å². The fraction of sp³-hybridized carbons (Fsp3) is 0.667. The second kappa shape index (κ2) is 6.95.